The summed E-state index contributed by atoms with van der Waals surface area (Å²) >= 11 is 0. The van der Waals surface area contributed by atoms with E-state index in [2.05, 4.69) is 9.71 Å². The lowest BCUT2D eigenvalue weighted by Crippen LogP contribution is -2.28. The number of benzene rings is 2. The van der Waals surface area contributed by atoms with E-state index >= 15 is 0 Å². The maximum Gasteiger partial charge on any atom is 0.293 e. The molecule has 2 aromatic carbocycles. The summed E-state index contributed by atoms with van der Waals surface area (Å²) in [5.74, 6) is -0.00678. The Morgan fingerprint density at radius 1 is 1.07 bits per heavy atom. The van der Waals surface area contributed by atoms with E-state index in [0.717, 1.165) is 10.9 Å². The number of para-hydroxylation sites is 1. The van der Waals surface area contributed by atoms with Crippen LogP contribution in [-0.4, -0.2) is 25.9 Å². The zero-order valence-electron chi connectivity index (χ0n) is 15.8. The molecule has 30 heavy (non-hydrogen) atoms. The third-order valence-corrected chi connectivity index (χ3v) is 6.51. The molecule has 1 amide bonds. The van der Waals surface area contributed by atoms with Crippen LogP contribution in [-0.2, 0) is 16.4 Å². The summed E-state index contributed by atoms with van der Waals surface area (Å²) in [4.78, 5) is 18.7. The van der Waals surface area contributed by atoms with E-state index in [9.17, 15) is 13.2 Å². The maximum atomic E-state index is 13.1. The highest BCUT2D eigenvalue weighted by molar-refractivity contribution is 7.93. The first kappa shape index (κ1) is 18.4. The molecule has 1 aliphatic rings. The fraction of sp³-hybridized carbons (Fsp3) is 0.0909. The number of nitrogens with one attached hydrogen (secondary N) is 1. The Bertz CT molecular complexity index is 1360. The highest BCUT2D eigenvalue weighted by Crippen LogP contribution is 2.33. The van der Waals surface area contributed by atoms with Crippen molar-refractivity contribution in [3.63, 3.8) is 0 Å². The fourth-order valence-electron chi connectivity index (χ4n) is 3.69. The third-order valence-electron chi connectivity index (χ3n) is 5.10. The molecule has 0 unspecified atom stereocenters. The molecule has 3 heterocycles. The smallest absolute Gasteiger partial charge is 0.293 e. The standard InChI is InChI=1S/C22H17N3O4S/c26-22(19-6-3-13-29-19)25-12-10-15-8-9-17(14-18(15)25)24-30(27,28)20-7-1-4-16-5-2-11-23-21(16)20/h1-9,11,13-14,24H,10,12H2. The largest absolute Gasteiger partial charge is 0.459 e. The predicted molar refractivity (Wildman–Crippen MR) is 113 cm³/mol. The Balaban J connectivity index is 1.49. The number of fused-ring (bicyclic) bond motifs is 2. The highest BCUT2D eigenvalue weighted by atomic mass is 32.2. The number of nitrogens with zero attached hydrogens (tertiary/aromatic N) is 2. The van der Waals surface area contributed by atoms with Crippen LogP contribution in [0.4, 0.5) is 11.4 Å². The van der Waals surface area contributed by atoms with Crippen LogP contribution in [0.1, 0.15) is 16.1 Å². The number of aromatic nitrogens is 1. The van der Waals surface area contributed by atoms with Gasteiger partial charge in [0.2, 0.25) is 0 Å². The molecule has 1 N–H and O–H groups in total. The van der Waals surface area contributed by atoms with E-state index in [1.54, 1.807) is 47.5 Å². The summed E-state index contributed by atoms with van der Waals surface area (Å²) in [7, 11) is -3.87. The Labute approximate surface area is 173 Å². The Kier molecular flexibility index (Phi) is 4.29. The van der Waals surface area contributed by atoms with Crippen LogP contribution >= 0.6 is 0 Å². The molecule has 150 valence electrons. The number of anilines is 2. The van der Waals surface area contributed by atoms with Crippen LogP contribution in [0.5, 0.6) is 0 Å². The molecule has 7 nitrogen and oxygen atoms in total. The number of pyridine rings is 1. The monoisotopic (exact) mass is 419 g/mol. The lowest BCUT2D eigenvalue weighted by atomic mass is 10.1. The number of hydrogen-bond donors (Lipinski definition) is 1. The molecule has 0 radical (unpaired) electrons. The minimum absolute atomic E-state index is 0.101. The van der Waals surface area contributed by atoms with Crippen LogP contribution in [0.2, 0.25) is 0 Å². The molecule has 8 heteroatoms. The fourth-order valence-corrected chi connectivity index (χ4v) is 4.92. The Hall–Kier alpha value is -3.65. The second kappa shape index (κ2) is 7.00. The molecule has 2 aromatic heterocycles. The van der Waals surface area contributed by atoms with Crippen molar-refractivity contribution in [2.75, 3.05) is 16.2 Å². The van der Waals surface area contributed by atoms with Crippen molar-refractivity contribution in [2.24, 2.45) is 0 Å². The zero-order valence-corrected chi connectivity index (χ0v) is 16.6. The summed E-state index contributed by atoms with van der Waals surface area (Å²) < 4.78 is 34.0. The molecule has 1 aliphatic heterocycles. The number of amides is 1. The average Bonchev–Trinajstić information content (AvgIpc) is 3.42. The molecule has 4 aromatic rings. The van der Waals surface area contributed by atoms with Gasteiger partial charge in [-0.15, -0.1) is 0 Å². The van der Waals surface area contributed by atoms with Gasteiger partial charge in [-0.2, -0.15) is 0 Å². The minimum atomic E-state index is -3.87. The Morgan fingerprint density at radius 3 is 2.77 bits per heavy atom. The number of furan rings is 1. The number of rotatable bonds is 4. The summed E-state index contributed by atoms with van der Waals surface area (Å²) in [5.41, 5.74) is 2.43. The van der Waals surface area contributed by atoms with Crippen LogP contribution in [0.25, 0.3) is 10.9 Å². The van der Waals surface area contributed by atoms with Crippen LogP contribution in [0.3, 0.4) is 0 Å². The molecule has 5 rings (SSSR count). The van der Waals surface area contributed by atoms with Gasteiger partial charge in [0, 0.05) is 23.8 Å². The van der Waals surface area contributed by atoms with Gasteiger partial charge in [0.15, 0.2) is 5.76 Å². The van der Waals surface area contributed by atoms with Gasteiger partial charge in [-0.1, -0.05) is 24.3 Å². The first-order valence-electron chi connectivity index (χ1n) is 9.38. The van der Waals surface area contributed by atoms with Gasteiger partial charge in [-0.3, -0.25) is 14.5 Å². The molecular weight excluding hydrogens is 402 g/mol. The van der Waals surface area contributed by atoms with E-state index in [0.29, 0.717) is 29.9 Å². The van der Waals surface area contributed by atoms with E-state index in [1.807, 2.05) is 18.2 Å². The molecule has 0 aliphatic carbocycles. The number of carbonyl (C=O) groups is 1. The van der Waals surface area contributed by atoms with Crippen molar-refractivity contribution >= 4 is 38.2 Å². The summed E-state index contributed by atoms with van der Waals surface area (Å²) in [6, 6.07) is 17.1. The van der Waals surface area contributed by atoms with E-state index < -0.39 is 10.0 Å². The van der Waals surface area contributed by atoms with Crippen LogP contribution in [0, 0.1) is 0 Å². The van der Waals surface area contributed by atoms with Crippen molar-refractivity contribution in [2.45, 2.75) is 11.3 Å². The number of carbonyl (C=O) groups excluding carboxylic acids is 1. The van der Waals surface area contributed by atoms with Gasteiger partial charge in [0.1, 0.15) is 4.90 Å². The summed E-state index contributed by atoms with van der Waals surface area (Å²) in [6.45, 7) is 0.512. The van der Waals surface area contributed by atoms with E-state index in [1.165, 1.54) is 12.3 Å². The predicted octanol–water partition coefficient (Wildman–Crippen LogP) is 3.83. The lowest BCUT2D eigenvalue weighted by Gasteiger charge is -2.17. The molecular formula is C22H17N3O4S. The van der Waals surface area contributed by atoms with Crippen molar-refractivity contribution in [3.05, 3.63) is 84.4 Å². The molecule has 0 saturated carbocycles. The molecule has 0 atom stereocenters. The van der Waals surface area contributed by atoms with Gasteiger partial charge in [-0.25, -0.2) is 8.42 Å². The van der Waals surface area contributed by atoms with Gasteiger partial charge in [-0.05, 0) is 48.4 Å². The maximum absolute atomic E-state index is 13.1. The average molecular weight is 419 g/mol. The quantitative estimate of drug-likeness (QED) is 0.543. The van der Waals surface area contributed by atoms with Gasteiger partial charge >= 0.3 is 0 Å². The molecule has 0 fully saturated rings. The third kappa shape index (κ3) is 3.11. The number of sulfonamides is 1. The molecule has 0 spiro atoms. The SMILES string of the molecule is O=C(c1ccco1)N1CCc2ccc(NS(=O)(=O)c3cccc4cccnc34)cc21. The van der Waals surface area contributed by atoms with E-state index in [4.69, 9.17) is 4.42 Å². The lowest BCUT2D eigenvalue weighted by molar-refractivity contribution is 0.0963. The van der Waals surface area contributed by atoms with Crippen molar-refractivity contribution in [1.29, 1.82) is 0 Å². The first-order chi connectivity index (χ1) is 14.5. The van der Waals surface area contributed by atoms with Crippen molar-refractivity contribution in [1.82, 2.24) is 4.98 Å². The minimum Gasteiger partial charge on any atom is -0.459 e. The molecule has 0 saturated heterocycles. The Morgan fingerprint density at radius 2 is 1.93 bits per heavy atom. The second-order valence-electron chi connectivity index (χ2n) is 6.96. The van der Waals surface area contributed by atoms with Gasteiger partial charge < -0.3 is 9.32 Å². The van der Waals surface area contributed by atoms with Crippen LogP contribution < -0.4 is 9.62 Å². The van der Waals surface area contributed by atoms with Gasteiger partial charge in [0.05, 0.1) is 17.5 Å². The normalized spacial score (nSPS) is 13.4. The van der Waals surface area contributed by atoms with E-state index in [-0.39, 0.29) is 16.6 Å². The molecule has 0 bridgehead atoms. The highest BCUT2D eigenvalue weighted by Gasteiger charge is 2.28. The zero-order chi connectivity index (χ0) is 20.7. The van der Waals surface area contributed by atoms with Gasteiger partial charge in [0.25, 0.3) is 15.9 Å². The topological polar surface area (TPSA) is 92.5 Å². The summed E-state index contributed by atoms with van der Waals surface area (Å²) in [5, 5.41) is 0.740. The van der Waals surface area contributed by atoms with Crippen molar-refractivity contribution < 1.29 is 17.6 Å². The summed E-state index contributed by atoms with van der Waals surface area (Å²) in [6.07, 6.45) is 3.71. The van der Waals surface area contributed by atoms with Crippen molar-refractivity contribution in [3.8, 4) is 0 Å². The first-order valence-corrected chi connectivity index (χ1v) is 10.9. The van der Waals surface area contributed by atoms with Crippen LogP contribution in [0.15, 0.2) is 82.4 Å². The number of hydrogen-bond acceptors (Lipinski definition) is 5. The second-order valence-corrected chi connectivity index (χ2v) is 8.62.